The van der Waals surface area contributed by atoms with Gasteiger partial charge in [-0.2, -0.15) is 0 Å². The zero-order valence-corrected chi connectivity index (χ0v) is 20.3. The first-order valence-corrected chi connectivity index (χ1v) is 10.4. The number of amides is 1. The van der Waals surface area contributed by atoms with E-state index in [-0.39, 0.29) is 35.3 Å². The lowest BCUT2D eigenvalue weighted by Crippen LogP contribution is -2.46. The second-order valence-electron chi connectivity index (χ2n) is 7.85. The Bertz CT molecular complexity index is 618. The van der Waals surface area contributed by atoms with E-state index in [1.54, 1.807) is 18.4 Å². The Morgan fingerprint density at radius 2 is 2.04 bits per heavy atom. The molecule has 1 amide bonds. The van der Waals surface area contributed by atoms with Crippen LogP contribution in [0.25, 0.3) is 0 Å². The summed E-state index contributed by atoms with van der Waals surface area (Å²) in [6.07, 6.45) is 2.69. The molecule has 1 aromatic heterocycles. The first-order valence-electron chi connectivity index (χ1n) is 9.52. The van der Waals surface area contributed by atoms with E-state index in [4.69, 9.17) is 9.98 Å². The molecule has 154 valence electrons. The predicted molar refractivity (Wildman–Crippen MR) is 124 cm³/mol. The van der Waals surface area contributed by atoms with Gasteiger partial charge in [0.05, 0.1) is 12.2 Å². The zero-order chi connectivity index (χ0) is 19.2. The molecule has 0 aliphatic carbocycles. The van der Waals surface area contributed by atoms with Crippen LogP contribution in [0, 0.1) is 5.92 Å². The highest BCUT2D eigenvalue weighted by Gasteiger charge is 2.23. The number of nitrogens with one attached hydrogen (secondary N) is 2. The molecular formula is C19H34IN5OS. The van der Waals surface area contributed by atoms with Gasteiger partial charge in [-0.25, -0.2) is 9.98 Å². The van der Waals surface area contributed by atoms with E-state index in [0.717, 1.165) is 49.1 Å². The number of halogens is 1. The van der Waals surface area contributed by atoms with Gasteiger partial charge in [0, 0.05) is 43.9 Å². The third-order valence-electron chi connectivity index (χ3n) is 4.69. The Morgan fingerprint density at radius 1 is 1.37 bits per heavy atom. The third-order valence-corrected chi connectivity index (χ3v) is 5.52. The van der Waals surface area contributed by atoms with Crippen LogP contribution >= 0.6 is 35.3 Å². The lowest BCUT2D eigenvalue weighted by atomic mass is 9.93. The maximum Gasteiger partial charge on any atom is 0.220 e. The summed E-state index contributed by atoms with van der Waals surface area (Å²) in [5, 5.41) is 9.32. The maximum absolute atomic E-state index is 11.6. The van der Waals surface area contributed by atoms with Crippen molar-refractivity contribution in [3.63, 3.8) is 0 Å². The molecule has 1 aromatic rings. The average molecular weight is 507 g/mol. The van der Waals surface area contributed by atoms with E-state index < -0.39 is 0 Å². The molecule has 0 atom stereocenters. The summed E-state index contributed by atoms with van der Waals surface area (Å²) in [7, 11) is 1.71. The molecule has 0 aromatic carbocycles. The second-order valence-corrected chi connectivity index (χ2v) is 8.80. The molecule has 8 heteroatoms. The molecule has 0 spiro atoms. The molecule has 27 heavy (non-hydrogen) atoms. The largest absolute Gasteiger partial charge is 0.359 e. The van der Waals surface area contributed by atoms with Gasteiger partial charge >= 0.3 is 0 Å². The van der Waals surface area contributed by atoms with E-state index in [0.29, 0.717) is 18.9 Å². The summed E-state index contributed by atoms with van der Waals surface area (Å²) in [6.45, 7) is 12.0. The molecule has 0 bridgehead atoms. The monoisotopic (exact) mass is 507 g/mol. The average Bonchev–Trinajstić information content (AvgIpc) is 3.08. The predicted octanol–water partition coefficient (Wildman–Crippen LogP) is 3.37. The van der Waals surface area contributed by atoms with Crippen LogP contribution in [0.1, 0.15) is 57.7 Å². The van der Waals surface area contributed by atoms with Crippen molar-refractivity contribution in [1.29, 1.82) is 0 Å². The van der Waals surface area contributed by atoms with Crippen LogP contribution in [0.3, 0.4) is 0 Å². The van der Waals surface area contributed by atoms with E-state index >= 15 is 0 Å². The smallest absolute Gasteiger partial charge is 0.220 e. The van der Waals surface area contributed by atoms with Crippen molar-refractivity contribution in [3.05, 3.63) is 16.1 Å². The second kappa shape index (κ2) is 11.2. The van der Waals surface area contributed by atoms with Gasteiger partial charge in [-0.15, -0.1) is 35.3 Å². The lowest BCUT2D eigenvalue weighted by molar-refractivity contribution is -0.121. The van der Waals surface area contributed by atoms with Crippen molar-refractivity contribution in [3.8, 4) is 0 Å². The fourth-order valence-electron chi connectivity index (χ4n) is 3.01. The standard InChI is InChI=1S/C19H33N5OS.HI/c1-6-21-18(22-12-17-23-15(13-26-17)19(2,3)4)24-9-7-14(8-10-24)11-16(25)20-5;/h13-14H,6-12H2,1-5H3,(H,20,25)(H,21,22);1H. The molecule has 2 heterocycles. The van der Waals surface area contributed by atoms with Gasteiger partial charge in [0.25, 0.3) is 0 Å². The molecule has 1 fully saturated rings. The van der Waals surface area contributed by atoms with Crippen molar-refractivity contribution in [2.45, 2.75) is 58.9 Å². The summed E-state index contributed by atoms with van der Waals surface area (Å²) in [5.41, 5.74) is 1.21. The van der Waals surface area contributed by atoms with Gasteiger partial charge in [-0.1, -0.05) is 20.8 Å². The number of hydrogen-bond acceptors (Lipinski definition) is 4. The Hall–Kier alpha value is -0.900. The van der Waals surface area contributed by atoms with Gasteiger partial charge in [0.15, 0.2) is 5.96 Å². The highest BCUT2D eigenvalue weighted by atomic mass is 127. The third kappa shape index (κ3) is 7.56. The van der Waals surface area contributed by atoms with Gasteiger partial charge in [0.2, 0.25) is 5.91 Å². The summed E-state index contributed by atoms with van der Waals surface area (Å²) >= 11 is 1.68. The molecule has 0 saturated carbocycles. The van der Waals surface area contributed by atoms with Crippen LogP contribution in [0.2, 0.25) is 0 Å². The number of rotatable bonds is 5. The summed E-state index contributed by atoms with van der Waals surface area (Å²) in [6, 6.07) is 0. The molecule has 1 aliphatic rings. The molecule has 6 nitrogen and oxygen atoms in total. The van der Waals surface area contributed by atoms with Crippen LogP contribution < -0.4 is 10.6 Å². The number of piperidine rings is 1. The summed E-state index contributed by atoms with van der Waals surface area (Å²) in [5.74, 6) is 1.57. The van der Waals surface area contributed by atoms with Crippen molar-refractivity contribution in [2.24, 2.45) is 10.9 Å². The van der Waals surface area contributed by atoms with Crippen molar-refractivity contribution in [2.75, 3.05) is 26.7 Å². The topological polar surface area (TPSA) is 69.6 Å². The minimum absolute atomic E-state index is 0. The highest BCUT2D eigenvalue weighted by molar-refractivity contribution is 14.0. The van der Waals surface area contributed by atoms with Crippen LogP contribution in [-0.4, -0.2) is 48.4 Å². The van der Waals surface area contributed by atoms with Crippen molar-refractivity contribution >= 4 is 47.2 Å². The minimum Gasteiger partial charge on any atom is -0.359 e. The van der Waals surface area contributed by atoms with Crippen LogP contribution in [-0.2, 0) is 16.8 Å². The number of carbonyl (C=O) groups excluding carboxylic acids is 1. The van der Waals surface area contributed by atoms with Crippen LogP contribution in [0.4, 0.5) is 0 Å². The van der Waals surface area contributed by atoms with Gasteiger partial charge in [0.1, 0.15) is 5.01 Å². The SMILES string of the molecule is CCNC(=NCc1nc(C(C)(C)C)cs1)N1CCC(CC(=O)NC)CC1.I. The number of hydrogen-bond donors (Lipinski definition) is 2. The molecule has 1 saturated heterocycles. The molecular weight excluding hydrogens is 473 g/mol. The Balaban J connectivity index is 0.00000364. The zero-order valence-electron chi connectivity index (χ0n) is 17.2. The van der Waals surface area contributed by atoms with Crippen molar-refractivity contribution < 1.29 is 4.79 Å². The highest BCUT2D eigenvalue weighted by Crippen LogP contribution is 2.24. The number of likely N-dealkylation sites (tertiary alicyclic amines) is 1. The molecule has 1 aliphatic heterocycles. The van der Waals surface area contributed by atoms with E-state index in [2.05, 4.69) is 48.6 Å². The Kier molecular flexibility index (Phi) is 10.0. The van der Waals surface area contributed by atoms with Crippen molar-refractivity contribution in [1.82, 2.24) is 20.5 Å². The molecule has 2 rings (SSSR count). The van der Waals surface area contributed by atoms with Crippen LogP contribution in [0.15, 0.2) is 10.4 Å². The fourth-order valence-corrected chi connectivity index (χ4v) is 3.95. The number of nitrogens with zero attached hydrogens (tertiary/aromatic N) is 3. The number of thiazole rings is 1. The number of aliphatic imine (C=N–C) groups is 1. The molecule has 2 N–H and O–H groups in total. The van der Waals surface area contributed by atoms with Gasteiger partial charge in [-0.3, -0.25) is 4.79 Å². The normalized spacial score (nSPS) is 16.0. The summed E-state index contributed by atoms with van der Waals surface area (Å²) < 4.78 is 0. The molecule has 0 unspecified atom stereocenters. The summed E-state index contributed by atoms with van der Waals surface area (Å²) in [4.78, 5) is 23.4. The van der Waals surface area contributed by atoms with Crippen LogP contribution in [0.5, 0.6) is 0 Å². The number of carbonyl (C=O) groups is 1. The van der Waals surface area contributed by atoms with Gasteiger partial charge < -0.3 is 15.5 Å². The maximum atomic E-state index is 11.6. The Labute approximate surface area is 184 Å². The first kappa shape index (κ1) is 24.1. The number of aromatic nitrogens is 1. The molecule has 0 radical (unpaired) electrons. The van der Waals surface area contributed by atoms with E-state index in [9.17, 15) is 4.79 Å². The number of guanidine groups is 1. The van der Waals surface area contributed by atoms with Gasteiger partial charge in [-0.05, 0) is 25.7 Å². The minimum atomic E-state index is 0. The van der Waals surface area contributed by atoms with E-state index in [1.165, 1.54) is 0 Å². The first-order chi connectivity index (χ1) is 12.3. The quantitative estimate of drug-likeness (QED) is 0.364. The van der Waals surface area contributed by atoms with E-state index in [1.807, 2.05) is 0 Å². The Morgan fingerprint density at radius 3 is 2.56 bits per heavy atom. The lowest BCUT2D eigenvalue weighted by Gasteiger charge is -2.34. The fraction of sp³-hybridized carbons (Fsp3) is 0.737.